The molecule has 0 spiro atoms. The van der Waals surface area contributed by atoms with E-state index >= 15 is 0 Å². The number of benzene rings is 1. The van der Waals surface area contributed by atoms with E-state index in [1.807, 2.05) is 54.2 Å². The monoisotopic (exact) mass is 403 g/mol. The molecule has 0 aliphatic rings. The van der Waals surface area contributed by atoms with Crippen molar-refractivity contribution in [2.24, 2.45) is 0 Å². The SMILES string of the molecule is COc1ccc(Nc2nc(N(C)CCC(C)O)cc(N(C)CCC(C)O)n2)cc1. The summed E-state index contributed by atoms with van der Waals surface area (Å²) in [5.74, 6) is 2.78. The highest BCUT2D eigenvalue weighted by molar-refractivity contribution is 5.60. The Kier molecular flexibility index (Phi) is 8.48. The van der Waals surface area contributed by atoms with Crippen LogP contribution in [0, 0.1) is 0 Å². The van der Waals surface area contributed by atoms with E-state index in [0.717, 1.165) is 23.1 Å². The fraction of sp³-hybridized carbons (Fsp3) is 0.524. The van der Waals surface area contributed by atoms with Crippen molar-refractivity contribution in [3.63, 3.8) is 0 Å². The van der Waals surface area contributed by atoms with E-state index < -0.39 is 0 Å². The van der Waals surface area contributed by atoms with Crippen LogP contribution >= 0.6 is 0 Å². The summed E-state index contributed by atoms with van der Waals surface area (Å²) in [6, 6.07) is 9.47. The van der Waals surface area contributed by atoms with E-state index in [9.17, 15) is 10.2 Å². The largest absolute Gasteiger partial charge is 0.497 e. The molecule has 3 N–H and O–H groups in total. The Bertz CT molecular complexity index is 716. The minimum atomic E-state index is -0.371. The molecule has 2 atom stereocenters. The molecule has 0 saturated heterocycles. The molecule has 0 radical (unpaired) electrons. The summed E-state index contributed by atoms with van der Waals surface area (Å²) in [6.07, 6.45) is 0.554. The number of hydrogen-bond acceptors (Lipinski definition) is 8. The van der Waals surface area contributed by atoms with Crippen molar-refractivity contribution in [2.45, 2.75) is 38.9 Å². The highest BCUT2D eigenvalue weighted by Gasteiger charge is 2.13. The van der Waals surface area contributed by atoms with Gasteiger partial charge in [-0.25, -0.2) is 0 Å². The summed E-state index contributed by atoms with van der Waals surface area (Å²) in [7, 11) is 5.52. The highest BCUT2D eigenvalue weighted by Crippen LogP contribution is 2.24. The Labute approximate surface area is 173 Å². The second kappa shape index (κ2) is 10.8. The molecule has 0 amide bonds. The summed E-state index contributed by atoms with van der Waals surface area (Å²) in [4.78, 5) is 13.3. The van der Waals surface area contributed by atoms with Gasteiger partial charge >= 0.3 is 0 Å². The van der Waals surface area contributed by atoms with Gasteiger partial charge in [-0.1, -0.05) is 0 Å². The predicted molar refractivity (Wildman–Crippen MR) is 117 cm³/mol. The third kappa shape index (κ3) is 7.40. The second-order valence-electron chi connectivity index (χ2n) is 7.38. The zero-order valence-electron chi connectivity index (χ0n) is 18.0. The van der Waals surface area contributed by atoms with Crippen molar-refractivity contribution in [3.8, 4) is 5.75 Å². The fourth-order valence-electron chi connectivity index (χ4n) is 2.66. The fourth-order valence-corrected chi connectivity index (χ4v) is 2.66. The van der Waals surface area contributed by atoms with Crippen LogP contribution in [0.15, 0.2) is 30.3 Å². The minimum absolute atomic E-state index is 0.371. The molecule has 29 heavy (non-hydrogen) atoms. The first kappa shape index (κ1) is 22.7. The average molecular weight is 404 g/mol. The Balaban J connectivity index is 2.26. The summed E-state index contributed by atoms with van der Waals surface area (Å²) >= 11 is 0. The van der Waals surface area contributed by atoms with E-state index in [1.165, 1.54) is 0 Å². The van der Waals surface area contributed by atoms with E-state index in [0.29, 0.717) is 31.9 Å². The number of nitrogens with zero attached hydrogens (tertiary/aromatic N) is 4. The molecule has 8 heteroatoms. The molecule has 1 heterocycles. The molecule has 8 nitrogen and oxygen atoms in total. The molecule has 1 aromatic carbocycles. The number of aliphatic hydroxyl groups excluding tert-OH is 2. The Morgan fingerprint density at radius 1 is 0.931 bits per heavy atom. The van der Waals surface area contributed by atoms with Crippen LogP contribution in [0.5, 0.6) is 5.75 Å². The third-order valence-corrected chi connectivity index (χ3v) is 4.59. The van der Waals surface area contributed by atoms with Crippen molar-refractivity contribution in [1.82, 2.24) is 9.97 Å². The van der Waals surface area contributed by atoms with Crippen LogP contribution in [-0.2, 0) is 0 Å². The van der Waals surface area contributed by atoms with Crippen LogP contribution in [-0.4, -0.2) is 66.7 Å². The number of methoxy groups -OCH3 is 1. The van der Waals surface area contributed by atoms with Crippen molar-refractivity contribution in [1.29, 1.82) is 0 Å². The van der Waals surface area contributed by atoms with E-state index in [4.69, 9.17) is 4.74 Å². The summed E-state index contributed by atoms with van der Waals surface area (Å²) in [5.41, 5.74) is 0.854. The maximum atomic E-state index is 9.59. The molecule has 0 saturated carbocycles. The number of nitrogens with one attached hydrogen (secondary N) is 1. The van der Waals surface area contributed by atoms with Gasteiger partial charge in [-0.05, 0) is 51.0 Å². The van der Waals surface area contributed by atoms with E-state index in [-0.39, 0.29) is 12.2 Å². The van der Waals surface area contributed by atoms with Gasteiger partial charge in [0.1, 0.15) is 17.4 Å². The molecule has 2 rings (SSSR count). The molecule has 1 aromatic heterocycles. The zero-order chi connectivity index (χ0) is 21.4. The van der Waals surface area contributed by atoms with Crippen LogP contribution in [0.4, 0.5) is 23.3 Å². The Morgan fingerprint density at radius 2 is 1.41 bits per heavy atom. The van der Waals surface area contributed by atoms with Crippen LogP contribution < -0.4 is 19.9 Å². The van der Waals surface area contributed by atoms with Gasteiger partial charge < -0.3 is 30.1 Å². The van der Waals surface area contributed by atoms with Gasteiger partial charge in [0.05, 0.1) is 19.3 Å². The smallest absolute Gasteiger partial charge is 0.231 e. The van der Waals surface area contributed by atoms with Gasteiger partial charge in [0, 0.05) is 38.9 Å². The molecule has 0 bridgehead atoms. The highest BCUT2D eigenvalue weighted by atomic mass is 16.5. The first-order valence-corrected chi connectivity index (χ1v) is 9.87. The molecule has 0 aliphatic carbocycles. The third-order valence-electron chi connectivity index (χ3n) is 4.59. The van der Waals surface area contributed by atoms with Crippen molar-refractivity contribution in [2.75, 3.05) is 49.4 Å². The lowest BCUT2D eigenvalue weighted by Gasteiger charge is -2.24. The Morgan fingerprint density at radius 3 is 1.83 bits per heavy atom. The van der Waals surface area contributed by atoms with Crippen molar-refractivity contribution >= 4 is 23.3 Å². The zero-order valence-corrected chi connectivity index (χ0v) is 18.0. The number of rotatable bonds is 11. The normalized spacial score (nSPS) is 12.9. The summed E-state index contributed by atoms with van der Waals surface area (Å²) in [6.45, 7) is 4.90. The maximum absolute atomic E-state index is 9.59. The molecular weight excluding hydrogens is 370 g/mol. The van der Waals surface area contributed by atoms with Gasteiger partial charge in [0.25, 0.3) is 0 Å². The number of ether oxygens (including phenoxy) is 1. The van der Waals surface area contributed by atoms with Crippen LogP contribution in [0.1, 0.15) is 26.7 Å². The topological polar surface area (TPSA) is 94.0 Å². The summed E-state index contributed by atoms with van der Waals surface area (Å²) < 4.78 is 5.20. The van der Waals surface area contributed by atoms with Crippen LogP contribution in [0.25, 0.3) is 0 Å². The number of aliphatic hydroxyl groups is 2. The number of anilines is 4. The lowest BCUT2D eigenvalue weighted by molar-refractivity contribution is 0.186. The maximum Gasteiger partial charge on any atom is 0.231 e. The molecule has 0 aliphatic heterocycles. The molecular formula is C21H33N5O3. The standard InChI is InChI=1S/C21H33N5O3/c1-15(27)10-12-25(3)19-14-20(26(4)13-11-16(2)28)24-21(23-19)22-17-6-8-18(29-5)9-7-17/h6-9,14-16,27-28H,10-13H2,1-5H3,(H,22,23,24). The van der Waals surface area contributed by atoms with E-state index in [1.54, 1.807) is 21.0 Å². The lowest BCUT2D eigenvalue weighted by Crippen LogP contribution is -2.26. The number of hydrogen-bond donors (Lipinski definition) is 3. The van der Waals surface area contributed by atoms with Crippen molar-refractivity contribution in [3.05, 3.63) is 30.3 Å². The molecule has 160 valence electrons. The van der Waals surface area contributed by atoms with Gasteiger partial charge in [-0.2, -0.15) is 9.97 Å². The quantitative estimate of drug-likeness (QED) is 0.527. The van der Waals surface area contributed by atoms with Gasteiger partial charge in [0.2, 0.25) is 5.95 Å². The second-order valence-corrected chi connectivity index (χ2v) is 7.38. The van der Waals surface area contributed by atoms with Gasteiger partial charge in [-0.15, -0.1) is 0 Å². The molecule has 2 aromatic rings. The van der Waals surface area contributed by atoms with Gasteiger partial charge in [0.15, 0.2) is 0 Å². The Hall–Kier alpha value is -2.58. The van der Waals surface area contributed by atoms with E-state index in [2.05, 4.69) is 15.3 Å². The first-order valence-electron chi connectivity index (χ1n) is 9.87. The summed E-state index contributed by atoms with van der Waals surface area (Å²) in [5, 5.41) is 22.4. The number of aromatic nitrogens is 2. The first-order chi connectivity index (χ1) is 13.8. The molecule has 0 fully saturated rings. The molecule has 2 unspecified atom stereocenters. The predicted octanol–water partition coefficient (Wildman–Crippen LogP) is 2.64. The van der Waals surface area contributed by atoms with Crippen LogP contribution in [0.2, 0.25) is 0 Å². The van der Waals surface area contributed by atoms with Crippen molar-refractivity contribution < 1.29 is 14.9 Å². The lowest BCUT2D eigenvalue weighted by atomic mass is 10.2. The average Bonchev–Trinajstić information content (AvgIpc) is 2.70. The van der Waals surface area contributed by atoms with Gasteiger partial charge in [-0.3, -0.25) is 0 Å². The van der Waals surface area contributed by atoms with Crippen LogP contribution in [0.3, 0.4) is 0 Å². The minimum Gasteiger partial charge on any atom is -0.497 e.